The monoisotopic (exact) mass is 363 g/mol. The number of hydrogen-bond acceptors (Lipinski definition) is 4. The van der Waals surface area contributed by atoms with Crippen LogP contribution in [0.2, 0.25) is 5.02 Å². The summed E-state index contributed by atoms with van der Waals surface area (Å²) in [5.74, 6) is -2.36. The van der Waals surface area contributed by atoms with Gasteiger partial charge in [0.25, 0.3) is 10.0 Å². The second kappa shape index (κ2) is 6.06. The van der Waals surface area contributed by atoms with E-state index in [1.165, 1.54) is 17.1 Å². The van der Waals surface area contributed by atoms with Gasteiger partial charge in [-0.1, -0.05) is 11.6 Å². The molecule has 1 aromatic carbocycles. The van der Waals surface area contributed by atoms with Crippen molar-refractivity contribution in [1.29, 1.82) is 0 Å². The topological polar surface area (TPSA) is 73.2 Å². The average molecular weight is 364 g/mol. The molecular weight excluding hydrogens is 352 g/mol. The van der Waals surface area contributed by atoms with Crippen molar-refractivity contribution in [3.8, 4) is 0 Å². The van der Waals surface area contributed by atoms with Gasteiger partial charge in [0.05, 0.1) is 29.6 Å². The molecule has 0 amide bonds. The lowest BCUT2D eigenvalue weighted by atomic mass is 10.3. The fourth-order valence-electron chi connectivity index (χ4n) is 2.19. The van der Waals surface area contributed by atoms with Crippen LogP contribution in [-0.2, 0) is 14.8 Å². The number of ether oxygens (including phenoxy) is 1. The van der Waals surface area contributed by atoms with Gasteiger partial charge in [-0.2, -0.15) is 5.10 Å². The number of anilines is 1. The largest absolute Gasteiger partial charge is 0.379 e. The Morgan fingerprint density at radius 2 is 2.09 bits per heavy atom. The molecule has 0 spiro atoms. The number of nitrogens with one attached hydrogen (secondary N) is 1. The van der Waals surface area contributed by atoms with Crippen molar-refractivity contribution in [1.82, 2.24) is 9.78 Å². The maximum atomic E-state index is 13.2. The van der Waals surface area contributed by atoms with Crippen LogP contribution in [0, 0.1) is 11.6 Å². The van der Waals surface area contributed by atoms with Crippen LogP contribution in [0.15, 0.2) is 29.4 Å². The van der Waals surface area contributed by atoms with Crippen molar-refractivity contribution in [2.24, 2.45) is 0 Å². The van der Waals surface area contributed by atoms with E-state index in [2.05, 4.69) is 9.82 Å². The third kappa shape index (κ3) is 3.31. The van der Waals surface area contributed by atoms with Gasteiger partial charge in [0.15, 0.2) is 11.6 Å². The van der Waals surface area contributed by atoms with Gasteiger partial charge < -0.3 is 4.74 Å². The van der Waals surface area contributed by atoms with Crippen molar-refractivity contribution in [3.63, 3.8) is 0 Å². The van der Waals surface area contributed by atoms with Crippen LogP contribution in [0.1, 0.15) is 12.5 Å². The molecule has 1 unspecified atom stereocenters. The number of rotatable bonds is 4. The molecule has 124 valence electrons. The summed E-state index contributed by atoms with van der Waals surface area (Å²) in [6, 6.07) is 1.36. The Labute approximate surface area is 136 Å². The third-order valence-corrected chi connectivity index (χ3v) is 5.05. The highest BCUT2D eigenvalue weighted by atomic mass is 35.5. The van der Waals surface area contributed by atoms with Crippen LogP contribution < -0.4 is 4.72 Å². The molecule has 1 aromatic heterocycles. The van der Waals surface area contributed by atoms with E-state index < -0.39 is 21.7 Å². The van der Waals surface area contributed by atoms with Gasteiger partial charge in [0.2, 0.25) is 0 Å². The zero-order chi connectivity index (χ0) is 16.6. The lowest BCUT2D eigenvalue weighted by Gasteiger charge is -2.09. The Bertz CT molecular complexity index is 835. The van der Waals surface area contributed by atoms with Gasteiger partial charge in [-0.15, -0.1) is 0 Å². The van der Waals surface area contributed by atoms with E-state index in [0.29, 0.717) is 25.3 Å². The molecule has 2 heterocycles. The van der Waals surface area contributed by atoms with Gasteiger partial charge in [0, 0.05) is 18.9 Å². The fraction of sp³-hybridized carbons (Fsp3) is 0.308. The zero-order valence-electron chi connectivity index (χ0n) is 11.7. The molecule has 23 heavy (non-hydrogen) atoms. The summed E-state index contributed by atoms with van der Waals surface area (Å²) in [5, 5.41) is 3.76. The number of aromatic nitrogens is 2. The molecule has 0 radical (unpaired) electrons. The second-order valence-corrected chi connectivity index (χ2v) is 7.11. The third-order valence-electron chi connectivity index (χ3n) is 3.42. The fourth-order valence-corrected chi connectivity index (χ4v) is 3.46. The van der Waals surface area contributed by atoms with E-state index in [4.69, 9.17) is 16.3 Å². The van der Waals surface area contributed by atoms with Crippen molar-refractivity contribution < 1.29 is 21.9 Å². The second-order valence-electron chi connectivity index (χ2n) is 5.03. The first kappa shape index (κ1) is 16.2. The molecule has 10 heteroatoms. The summed E-state index contributed by atoms with van der Waals surface area (Å²) in [7, 11) is -4.02. The molecule has 0 bridgehead atoms. The summed E-state index contributed by atoms with van der Waals surface area (Å²) >= 11 is 5.73. The number of hydrogen-bond donors (Lipinski definition) is 1. The summed E-state index contributed by atoms with van der Waals surface area (Å²) in [6.07, 6.45) is 3.27. The summed E-state index contributed by atoms with van der Waals surface area (Å²) in [6.45, 7) is 1.05. The molecule has 1 atom stereocenters. The van der Waals surface area contributed by atoms with E-state index in [9.17, 15) is 17.2 Å². The van der Waals surface area contributed by atoms with Crippen molar-refractivity contribution in [3.05, 3.63) is 41.2 Å². The summed E-state index contributed by atoms with van der Waals surface area (Å²) < 4.78 is 59.7. The predicted molar refractivity (Wildman–Crippen MR) is 78.9 cm³/mol. The molecule has 1 aliphatic heterocycles. The molecule has 2 aromatic rings. The number of nitrogens with zero attached hydrogens (tertiary/aromatic N) is 2. The first-order valence-corrected chi connectivity index (χ1v) is 8.52. The van der Waals surface area contributed by atoms with Crippen molar-refractivity contribution in [2.45, 2.75) is 17.4 Å². The van der Waals surface area contributed by atoms with Gasteiger partial charge in [0.1, 0.15) is 4.90 Å². The Morgan fingerprint density at radius 3 is 2.78 bits per heavy atom. The minimum Gasteiger partial charge on any atom is -0.379 e. The quantitative estimate of drug-likeness (QED) is 0.847. The predicted octanol–water partition coefficient (Wildman–Crippen LogP) is 2.58. The van der Waals surface area contributed by atoms with Crippen LogP contribution >= 0.6 is 11.6 Å². The SMILES string of the molecule is O=S(=O)(Nc1cc(F)c(F)cc1Cl)c1cnn(C2CCOC2)c1. The summed E-state index contributed by atoms with van der Waals surface area (Å²) in [5.41, 5.74) is -0.248. The number of halogens is 3. The molecule has 1 fully saturated rings. The molecule has 3 rings (SSSR count). The molecule has 6 nitrogen and oxygen atoms in total. The van der Waals surface area contributed by atoms with E-state index in [1.54, 1.807) is 0 Å². The number of sulfonamides is 1. The Kier molecular flexibility index (Phi) is 4.26. The van der Waals surface area contributed by atoms with Crippen LogP contribution in [0.3, 0.4) is 0 Å². The minimum absolute atomic E-state index is 0.0224. The Morgan fingerprint density at radius 1 is 1.35 bits per heavy atom. The van der Waals surface area contributed by atoms with Gasteiger partial charge in [-0.25, -0.2) is 17.2 Å². The normalized spacial score (nSPS) is 18.3. The molecule has 1 aliphatic rings. The Hall–Kier alpha value is -1.71. The molecule has 0 saturated carbocycles. The standard InChI is InChI=1S/C13H12ClF2N3O3S/c14-10-3-11(15)12(16)4-13(10)18-23(20,21)9-5-17-19(6-9)8-1-2-22-7-8/h3-6,8,18H,1-2,7H2. The van der Waals surface area contributed by atoms with Crippen LogP contribution in [0.5, 0.6) is 0 Å². The number of benzene rings is 1. The molecular formula is C13H12ClF2N3O3S. The van der Waals surface area contributed by atoms with Crippen LogP contribution in [0.25, 0.3) is 0 Å². The van der Waals surface area contributed by atoms with Gasteiger partial charge >= 0.3 is 0 Å². The van der Waals surface area contributed by atoms with Crippen molar-refractivity contribution in [2.75, 3.05) is 17.9 Å². The van der Waals surface area contributed by atoms with E-state index in [0.717, 1.165) is 6.42 Å². The molecule has 1 N–H and O–H groups in total. The molecule has 1 saturated heterocycles. The smallest absolute Gasteiger partial charge is 0.265 e. The zero-order valence-corrected chi connectivity index (χ0v) is 13.2. The van der Waals surface area contributed by atoms with Crippen molar-refractivity contribution >= 4 is 27.3 Å². The minimum atomic E-state index is -4.02. The first-order chi connectivity index (χ1) is 10.9. The van der Waals surface area contributed by atoms with E-state index in [-0.39, 0.29) is 21.6 Å². The molecule has 0 aliphatic carbocycles. The van der Waals surface area contributed by atoms with Crippen LogP contribution in [-0.4, -0.2) is 31.4 Å². The maximum Gasteiger partial charge on any atom is 0.265 e. The Balaban J connectivity index is 1.86. The highest BCUT2D eigenvalue weighted by Gasteiger charge is 2.23. The lowest BCUT2D eigenvalue weighted by molar-refractivity contribution is 0.184. The lowest BCUT2D eigenvalue weighted by Crippen LogP contribution is -2.13. The first-order valence-electron chi connectivity index (χ1n) is 6.66. The average Bonchev–Trinajstić information content (AvgIpc) is 3.15. The van der Waals surface area contributed by atoms with Gasteiger partial charge in [-0.05, 0) is 12.5 Å². The van der Waals surface area contributed by atoms with E-state index >= 15 is 0 Å². The van der Waals surface area contributed by atoms with Gasteiger partial charge in [-0.3, -0.25) is 9.40 Å². The van der Waals surface area contributed by atoms with Crippen LogP contribution in [0.4, 0.5) is 14.5 Å². The highest BCUT2D eigenvalue weighted by molar-refractivity contribution is 7.92. The maximum absolute atomic E-state index is 13.2. The highest BCUT2D eigenvalue weighted by Crippen LogP contribution is 2.27. The summed E-state index contributed by atoms with van der Waals surface area (Å²) in [4.78, 5) is -0.106. The van der Waals surface area contributed by atoms with E-state index in [1.807, 2.05) is 0 Å².